The first-order valence-corrected chi connectivity index (χ1v) is 11.3. The second kappa shape index (κ2) is 10.0. The van der Waals surface area contributed by atoms with Gasteiger partial charge in [-0.25, -0.2) is 9.98 Å². The number of thiophene rings is 1. The number of thiazole rings is 1. The maximum atomic E-state index is 4.73. The predicted octanol–water partition coefficient (Wildman–Crippen LogP) is 3.66. The second-order valence-electron chi connectivity index (χ2n) is 6.44. The van der Waals surface area contributed by atoms with E-state index < -0.39 is 0 Å². The molecule has 2 aromatic rings. The lowest BCUT2D eigenvalue weighted by Crippen LogP contribution is -2.42. The first kappa shape index (κ1) is 19.3. The molecule has 1 fully saturated rings. The van der Waals surface area contributed by atoms with Gasteiger partial charge in [-0.15, -0.1) is 22.7 Å². The Hall–Kier alpha value is -1.44. The van der Waals surface area contributed by atoms with Crippen molar-refractivity contribution in [2.75, 3.05) is 26.2 Å². The van der Waals surface area contributed by atoms with Crippen molar-refractivity contribution in [2.24, 2.45) is 4.99 Å². The number of guanidine groups is 1. The Morgan fingerprint density at radius 3 is 2.77 bits per heavy atom. The van der Waals surface area contributed by atoms with Crippen LogP contribution in [-0.2, 0) is 13.0 Å². The number of rotatable bonds is 8. The lowest BCUT2D eigenvalue weighted by molar-refractivity contribution is 0.249. The zero-order chi connectivity index (χ0) is 18.2. The molecule has 2 aromatic heterocycles. The number of hydrogen-bond donors (Lipinski definition) is 2. The highest BCUT2D eigenvalue weighted by atomic mass is 32.1. The van der Waals surface area contributed by atoms with E-state index >= 15 is 0 Å². The van der Waals surface area contributed by atoms with Crippen molar-refractivity contribution in [3.63, 3.8) is 0 Å². The summed E-state index contributed by atoms with van der Waals surface area (Å²) in [7, 11) is 0. The number of likely N-dealkylation sites (tertiary alicyclic amines) is 1. The topological polar surface area (TPSA) is 52.6 Å². The Morgan fingerprint density at radius 1 is 1.27 bits per heavy atom. The van der Waals surface area contributed by atoms with E-state index in [4.69, 9.17) is 4.99 Å². The summed E-state index contributed by atoms with van der Waals surface area (Å²) in [6.45, 7) is 8.99. The van der Waals surface area contributed by atoms with Gasteiger partial charge in [-0.1, -0.05) is 13.0 Å². The van der Waals surface area contributed by atoms with E-state index in [1.165, 1.54) is 35.8 Å². The van der Waals surface area contributed by atoms with Gasteiger partial charge in [0.25, 0.3) is 0 Å². The van der Waals surface area contributed by atoms with E-state index in [-0.39, 0.29) is 0 Å². The quantitative estimate of drug-likeness (QED) is 0.533. The maximum absolute atomic E-state index is 4.73. The first-order valence-electron chi connectivity index (χ1n) is 9.53. The van der Waals surface area contributed by atoms with Gasteiger partial charge in [0.1, 0.15) is 0 Å². The van der Waals surface area contributed by atoms with Crippen molar-refractivity contribution in [2.45, 2.75) is 45.7 Å². The third-order valence-electron chi connectivity index (χ3n) is 4.56. The van der Waals surface area contributed by atoms with E-state index in [1.807, 2.05) is 11.3 Å². The first-order chi connectivity index (χ1) is 12.8. The lowest BCUT2D eigenvalue weighted by Gasteiger charge is -2.27. The molecule has 1 unspecified atom stereocenters. The molecule has 5 nitrogen and oxygen atoms in total. The highest BCUT2D eigenvalue weighted by molar-refractivity contribution is 7.10. The molecule has 7 heteroatoms. The summed E-state index contributed by atoms with van der Waals surface area (Å²) < 4.78 is 0. The minimum atomic E-state index is 0.423. The molecule has 26 heavy (non-hydrogen) atoms. The van der Waals surface area contributed by atoms with Crippen LogP contribution < -0.4 is 10.6 Å². The van der Waals surface area contributed by atoms with E-state index in [2.05, 4.69) is 57.3 Å². The molecular weight excluding hydrogens is 362 g/mol. The minimum absolute atomic E-state index is 0.423. The number of aromatic nitrogens is 1. The average molecular weight is 392 g/mol. The Bertz CT molecular complexity index is 674. The van der Waals surface area contributed by atoms with Gasteiger partial charge < -0.3 is 10.6 Å². The molecule has 2 N–H and O–H groups in total. The summed E-state index contributed by atoms with van der Waals surface area (Å²) in [6, 6.07) is 4.82. The van der Waals surface area contributed by atoms with Crippen LogP contribution in [0.1, 0.15) is 48.3 Å². The van der Waals surface area contributed by atoms with E-state index in [9.17, 15) is 0 Å². The van der Waals surface area contributed by atoms with Gasteiger partial charge in [-0.3, -0.25) is 4.90 Å². The molecule has 1 aliphatic heterocycles. The van der Waals surface area contributed by atoms with Crippen LogP contribution in [0.5, 0.6) is 0 Å². The number of hydrogen-bond acceptors (Lipinski definition) is 5. The molecule has 1 saturated heterocycles. The molecule has 0 spiro atoms. The highest BCUT2D eigenvalue weighted by Crippen LogP contribution is 2.27. The monoisotopic (exact) mass is 391 g/mol. The van der Waals surface area contributed by atoms with Crippen LogP contribution in [0.15, 0.2) is 27.9 Å². The van der Waals surface area contributed by atoms with Crippen LogP contribution in [0.2, 0.25) is 0 Å². The van der Waals surface area contributed by atoms with Crippen LogP contribution >= 0.6 is 22.7 Å². The van der Waals surface area contributed by atoms with Crippen molar-refractivity contribution in [3.8, 4) is 0 Å². The molecule has 1 atom stereocenters. The smallest absolute Gasteiger partial charge is 0.191 e. The lowest BCUT2D eigenvalue weighted by atomic mass is 10.2. The summed E-state index contributed by atoms with van der Waals surface area (Å²) in [4.78, 5) is 13.4. The SMILES string of the molecule is CCNC(=NCc1csc(CC)n1)NCC(c1cccs1)N1CCCC1. The second-order valence-corrected chi connectivity index (χ2v) is 8.36. The van der Waals surface area contributed by atoms with Crippen LogP contribution in [0, 0.1) is 0 Å². The van der Waals surface area contributed by atoms with Gasteiger partial charge in [0, 0.05) is 23.3 Å². The van der Waals surface area contributed by atoms with Crippen molar-refractivity contribution in [1.29, 1.82) is 0 Å². The van der Waals surface area contributed by atoms with Gasteiger partial charge in [0.05, 0.1) is 23.3 Å². The van der Waals surface area contributed by atoms with Crippen LogP contribution in [0.4, 0.5) is 0 Å². The van der Waals surface area contributed by atoms with Crippen LogP contribution in [0.3, 0.4) is 0 Å². The summed E-state index contributed by atoms with van der Waals surface area (Å²) in [6.07, 6.45) is 3.60. The molecule has 0 amide bonds. The molecule has 142 valence electrons. The molecule has 1 aliphatic rings. The normalized spacial score (nSPS) is 16.8. The van der Waals surface area contributed by atoms with Crippen molar-refractivity contribution >= 4 is 28.6 Å². The largest absolute Gasteiger partial charge is 0.357 e. The van der Waals surface area contributed by atoms with Crippen LogP contribution in [0.25, 0.3) is 0 Å². The maximum Gasteiger partial charge on any atom is 0.191 e. The predicted molar refractivity (Wildman–Crippen MR) is 112 cm³/mol. The van der Waals surface area contributed by atoms with Crippen molar-refractivity contribution in [3.05, 3.63) is 38.5 Å². The summed E-state index contributed by atoms with van der Waals surface area (Å²) in [5, 5.41) is 12.4. The fraction of sp³-hybridized carbons (Fsp3) is 0.579. The summed E-state index contributed by atoms with van der Waals surface area (Å²) in [5.41, 5.74) is 1.05. The van der Waals surface area contributed by atoms with Gasteiger partial charge >= 0.3 is 0 Å². The Labute approximate surface area is 164 Å². The number of nitrogens with zero attached hydrogens (tertiary/aromatic N) is 3. The van der Waals surface area contributed by atoms with Gasteiger partial charge in [0.2, 0.25) is 0 Å². The van der Waals surface area contributed by atoms with Gasteiger partial charge in [-0.2, -0.15) is 0 Å². The third-order valence-corrected chi connectivity index (χ3v) is 6.58. The van der Waals surface area contributed by atoms with Crippen LogP contribution in [-0.4, -0.2) is 42.0 Å². The van der Waals surface area contributed by atoms with E-state index in [0.717, 1.165) is 31.2 Å². The average Bonchev–Trinajstić information content (AvgIpc) is 3.42. The molecule has 3 rings (SSSR count). The molecule has 3 heterocycles. The van der Waals surface area contributed by atoms with Gasteiger partial charge in [-0.05, 0) is 50.7 Å². The molecule has 0 radical (unpaired) electrons. The Morgan fingerprint density at radius 2 is 2.12 bits per heavy atom. The number of aryl methyl sites for hydroxylation is 1. The summed E-state index contributed by atoms with van der Waals surface area (Å²) in [5.74, 6) is 0.874. The third kappa shape index (κ3) is 5.28. The van der Waals surface area contributed by atoms with E-state index in [1.54, 1.807) is 11.3 Å². The number of aliphatic imine (C=N–C) groups is 1. The summed E-state index contributed by atoms with van der Waals surface area (Å²) >= 11 is 3.57. The number of nitrogens with one attached hydrogen (secondary N) is 2. The molecular formula is C19H29N5S2. The fourth-order valence-corrected chi connectivity index (χ4v) is 4.82. The highest BCUT2D eigenvalue weighted by Gasteiger charge is 2.24. The molecule has 0 aromatic carbocycles. The molecule has 0 bridgehead atoms. The van der Waals surface area contributed by atoms with Crippen molar-refractivity contribution in [1.82, 2.24) is 20.5 Å². The van der Waals surface area contributed by atoms with Crippen molar-refractivity contribution < 1.29 is 0 Å². The standard InChI is InChI=1S/C19H29N5S2/c1-3-18-23-15(14-26-18)12-21-19(20-4-2)22-13-16(17-8-7-11-25-17)24-9-5-6-10-24/h7-8,11,14,16H,3-6,9-10,12-13H2,1-2H3,(H2,20,21,22). The zero-order valence-corrected chi connectivity index (χ0v) is 17.3. The zero-order valence-electron chi connectivity index (χ0n) is 15.7. The fourth-order valence-electron chi connectivity index (χ4n) is 3.22. The Kier molecular flexibility index (Phi) is 7.46. The van der Waals surface area contributed by atoms with Gasteiger partial charge in [0.15, 0.2) is 5.96 Å². The molecule has 0 aliphatic carbocycles. The molecule has 0 saturated carbocycles. The Balaban J connectivity index is 1.62. The van der Waals surface area contributed by atoms with E-state index in [0.29, 0.717) is 12.6 Å². The minimum Gasteiger partial charge on any atom is -0.357 e.